The maximum absolute atomic E-state index is 10.9. The lowest BCUT2D eigenvalue weighted by molar-refractivity contribution is -0.137. The normalized spacial score (nSPS) is 19.2. The van der Waals surface area contributed by atoms with E-state index in [1.54, 1.807) is 0 Å². The number of ether oxygens (including phenoxy) is 2. The highest BCUT2D eigenvalue weighted by molar-refractivity contribution is 5.81. The monoisotopic (exact) mass is 338 g/mol. The summed E-state index contributed by atoms with van der Waals surface area (Å²) in [5.41, 5.74) is 0. The van der Waals surface area contributed by atoms with Gasteiger partial charge in [0.2, 0.25) is 0 Å². The Balaban J connectivity index is 1.75. The minimum atomic E-state index is -0.310. The van der Waals surface area contributed by atoms with Gasteiger partial charge in [-0.15, -0.1) is 0 Å². The third-order valence-corrected chi connectivity index (χ3v) is 4.82. The largest absolute Gasteiger partial charge is 0.463 e. The molecule has 0 aromatic heterocycles. The predicted molar refractivity (Wildman–Crippen MR) is 100 cm³/mol. The van der Waals surface area contributed by atoms with E-state index in [0.717, 1.165) is 12.8 Å². The van der Waals surface area contributed by atoms with Crippen molar-refractivity contribution in [3.05, 3.63) is 12.7 Å². The van der Waals surface area contributed by atoms with Gasteiger partial charge in [-0.05, 0) is 19.3 Å². The highest BCUT2D eigenvalue weighted by Crippen LogP contribution is 2.31. The van der Waals surface area contributed by atoms with Crippen molar-refractivity contribution >= 4 is 5.97 Å². The zero-order chi connectivity index (χ0) is 17.5. The summed E-state index contributed by atoms with van der Waals surface area (Å²) in [5, 5.41) is 0. The van der Waals surface area contributed by atoms with Gasteiger partial charge in [0.1, 0.15) is 0 Å². The summed E-state index contributed by atoms with van der Waals surface area (Å²) in [6.07, 6.45) is 20.4. The molecule has 0 spiro atoms. The van der Waals surface area contributed by atoms with E-state index in [1.165, 1.54) is 83.1 Å². The van der Waals surface area contributed by atoms with Crippen LogP contribution in [0.1, 0.15) is 96.8 Å². The summed E-state index contributed by atoms with van der Waals surface area (Å²) < 4.78 is 10.7. The Hall–Kier alpha value is -0.830. The van der Waals surface area contributed by atoms with Gasteiger partial charge in [-0.1, -0.05) is 84.1 Å². The Bertz CT molecular complexity index is 327. The van der Waals surface area contributed by atoms with Crippen LogP contribution < -0.4 is 0 Å². The van der Waals surface area contributed by atoms with Crippen LogP contribution >= 0.6 is 0 Å². The zero-order valence-electron chi connectivity index (χ0n) is 15.8. The molecule has 0 saturated carbocycles. The van der Waals surface area contributed by atoms with E-state index in [1.807, 2.05) is 0 Å². The quantitative estimate of drug-likeness (QED) is 0.142. The topological polar surface area (TPSA) is 38.8 Å². The minimum absolute atomic E-state index is 0.310. The Morgan fingerprint density at radius 2 is 1.38 bits per heavy atom. The van der Waals surface area contributed by atoms with Crippen molar-refractivity contribution in [3.63, 3.8) is 0 Å². The van der Waals surface area contributed by atoms with Gasteiger partial charge in [-0.25, -0.2) is 4.79 Å². The van der Waals surface area contributed by atoms with Gasteiger partial charge in [0.15, 0.2) is 0 Å². The first-order chi connectivity index (χ1) is 11.8. The molecule has 1 rings (SSSR count). The van der Waals surface area contributed by atoms with Crippen LogP contribution in [0.3, 0.4) is 0 Å². The van der Waals surface area contributed by atoms with E-state index >= 15 is 0 Å². The molecule has 1 fully saturated rings. The zero-order valence-corrected chi connectivity index (χ0v) is 15.8. The summed E-state index contributed by atoms with van der Waals surface area (Å²) >= 11 is 0. The highest BCUT2D eigenvalue weighted by Gasteiger charge is 2.36. The van der Waals surface area contributed by atoms with Crippen LogP contribution in [0.4, 0.5) is 0 Å². The van der Waals surface area contributed by atoms with Gasteiger partial charge in [0.25, 0.3) is 0 Å². The molecule has 0 bridgehead atoms. The number of hydrogen-bond donors (Lipinski definition) is 0. The summed E-state index contributed by atoms with van der Waals surface area (Å²) in [6, 6.07) is 0. The van der Waals surface area contributed by atoms with Crippen molar-refractivity contribution in [1.82, 2.24) is 0 Å². The summed E-state index contributed by atoms with van der Waals surface area (Å²) in [4.78, 5) is 10.9. The van der Waals surface area contributed by atoms with E-state index in [4.69, 9.17) is 9.47 Å². The molecular weight excluding hydrogens is 300 g/mol. The Kier molecular flexibility index (Phi) is 12.8. The highest BCUT2D eigenvalue weighted by atomic mass is 16.6. The SMILES string of the molecule is C=CC(=O)OCCCCCCCCC1OC1CCCCCCCC. The minimum Gasteiger partial charge on any atom is -0.463 e. The molecule has 0 aliphatic carbocycles. The number of hydrogen-bond acceptors (Lipinski definition) is 3. The van der Waals surface area contributed by atoms with Crippen LogP contribution in [0.25, 0.3) is 0 Å². The average molecular weight is 339 g/mol. The standard InChI is InChI=1S/C21H38O3/c1-3-5-6-7-10-13-16-19-20(24-19)17-14-11-8-9-12-15-18-23-21(22)4-2/h4,19-20H,2-3,5-18H2,1H3. The van der Waals surface area contributed by atoms with Crippen molar-refractivity contribution < 1.29 is 14.3 Å². The molecule has 3 heteroatoms. The maximum atomic E-state index is 10.9. The van der Waals surface area contributed by atoms with Gasteiger partial charge < -0.3 is 9.47 Å². The predicted octanol–water partition coefficient (Wildman–Crippen LogP) is 5.96. The van der Waals surface area contributed by atoms with E-state index < -0.39 is 0 Å². The van der Waals surface area contributed by atoms with Crippen LogP contribution in [0.2, 0.25) is 0 Å². The van der Waals surface area contributed by atoms with Crippen molar-refractivity contribution in [2.24, 2.45) is 0 Å². The molecule has 0 aromatic carbocycles. The maximum Gasteiger partial charge on any atom is 0.330 e. The summed E-state index contributed by atoms with van der Waals surface area (Å²) in [5.74, 6) is -0.310. The molecule has 140 valence electrons. The van der Waals surface area contributed by atoms with Crippen molar-refractivity contribution in [1.29, 1.82) is 0 Å². The van der Waals surface area contributed by atoms with Crippen LogP contribution in [0, 0.1) is 0 Å². The summed E-state index contributed by atoms with van der Waals surface area (Å²) in [7, 11) is 0. The van der Waals surface area contributed by atoms with Gasteiger partial charge >= 0.3 is 5.97 Å². The molecule has 0 N–H and O–H groups in total. The molecule has 1 saturated heterocycles. The third-order valence-electron chi connectivity index (χ3n) is 4.82. The second kappa shape index (κ2) is 14.5. The first-order valence-corrected chi connectivity index (χ1v) is 10.2. The van der Waals surface area contributed by atoms with Crippen molar-refractivity contribution in [3.8, 4) is 0 Å². The van der Waals surface area contributed by atoms with E-state index in [-0.39, 0.29) is 5.97 Å². The van der Waals surface area contributed by atoms with Gasteiger partial charge in [0.05, 0.1) is 18.8 Å². The first kappa shape index (κ1) is 21.2. The van der Waals surface area contributed by atoms with Gasteiger partial charge in [-0.2, -0.15) is 0 Å². The molecule has 1 aliphatic heterocycles. The number of carbonyl (C=O) groups excluding carboxylic acids is 1. The number of epoxide rings is 1. The van der Waals surface area contributed by atoms with Crippen LogP contribution in [0.15, 0.2) is 12.7 Å². The van der Waals surface area contributed by atoms with Gasteiger partial charge in [0, 0.05) is 6.08 Å². The van der Waals surface area contributed by atoms with E-state index in [0.29, 0.717) is 18.8 Å². The van der Waals surface area contributed by atoms with Crippen molar-refractivity contribution in [2.75, 3.05) is 6.61 Å². The second-order valence-electron chi connectivity index (χ2n) is 7.05. The molecule has 1 aliphatic rings. The van der Waals surface area contributed by atoms with E-state index in [9.17, 15) is 4.79 Å². The fourth-order valence-corrected chi connectivity index (χ4v) is 3.20. The molecule has 0 radical (unpaired) electrons. The summed E-state index contributed by atoms with van der Waals surface area (Å²) in [6.45, 7) is 6.18. The first-order valence-electron chi connectivity index (χ1n) is 10.2. The number of esters is 1. The second-order valence-corrected chi connectivity index (χ2v) is 7.05. The lowest BCUT2D eigenvalue weighted by Gasteiger charge is -2.02. The fraction of sp³-hybridized carbons (Fsp3) is 0.857. The molecule has 0 amide bonds. The smallest absolute Gasteiger partial charge is 0.330 e. The Morgan fingerprint density at radius 1 is 0.875 bits per heavy atom. The van der Waals surface area contributed by atoms with E-state index in [2.05, 4.69) is 13.5 Å². The molecule has 2 atom stereocenters. The van der Waals surface area contributed by atoms with Crippen LogP contribution in [0.5, 0.6) is 0 Å². The number of carbonyl (C=O) groups is 1. The fourth-order valence-electron chi connectivity index (χ4n) is 3.20. The van der Waals surface area contributed by atoms with Crippen molar-refractivity contribution in [2.45, 2.75) is 109 Å². The molecular formula is C21H38O3. The third kappa shape index (κ3) is 11.7. The Morgan fingerprint density at radius 3 is 1.92 bits per heavy atom. The lowest BCUT2D eigenvalue weighted by Crippen LogP contribution is -2.01. The van der Waals surface area contributed by atoms with Crippen LogP contribution in [-0.4, -0.2) is 24.8 Å². The molecule has 2 unspecified atom stereocenters. The number of rotatable bonds is 17. The molecule has 24 heavy (non-hydrogen) atoms. The molecule has 1 heterocycles. The Labute approximate surface area is 149 Å². The van der Waals surface area contributed by atoms with Gasteiger partial charge in [-0.3, -0.25) is 0 Å². The van der Waals surface area contributed by atoms with Crippen LogP contribution in [-0.2, 0) is 14.3 Å². The molecule has 0 aromatic rings. The molecule has 3 nitrogen and oxygen atoms in total. The average Bonchev–Trinajstić information content (AvgIpc) is 3.34. The number of unbranched alkanes of at least 4 members (excludes halogenated alkanes) is 10. The lowest BCUT2D eigenvalue weighted by atomic mass is 10.0.